The minimum Gasteiger partial charge on any atom is -0.465 e. The predicted octanol–water partition coefficient (Wildman–Crippen LogP) is 3.84. The molecule has 4 heterocycles. The molecule has 2 amide bonds. The predicted molar refractivity (Wildman–Crippen MR) is 149 cm³/mol. The molecule has 2 aromatic carbocycles. The molecule has 1 aliphatic heterocycles. The molecule has 42 heavy (non-hydrogen) atoms. The number of aryl methyl sites for hydroxylation is 1. The molecule has 15 nitrogen and oxygen atoms in total. The van der Waals surface area contributed by atoms with Gasteiger partial charge in [0.1, 0.15) is 37.2 Å². The molecule has 0 bridgehead atoms. The largest absolute Gasteiger partial charge is 0.465 e. The molecular weight excluding hydrogens is 546 g/mol. The van der Waals surface area contributed by atoms with Crippen molar-refractivity contribution in [3.63, 3.8) is 0 Å². The van der Waals surface area contributed by atoms with Crippen molar-refractivity contribution in [2.75, 3.05) is 37.0 Å². The summed E-state index contributed by atoms with van der Waals surface area (Å²) in [6.07, 6.45) is 2.78. The summed E-state index contributed by atoms with van der Waals surface area (Å²) in [6.45, 7) is 2.46. The SMILES string of the molecule is Cc1cc(Nc2ncnc3ccc(NC(=O)OC[C@@H]4COCCN4C(=O)O)cc23)ccc1Oc1cc2nncn2cn1. The van der Waals surface area contributed by atoms with Crippen LogP contribution in [0.5, 0.6) is 11.6 Å². The summed E-state index contributed by atoms with van der Waals surface area (Å²) in [6, 6.07) is 11.9. The van der Waals surface area contributed by atoms with E-state index in [0.29, 0.717) is 46.3 Å². The third-order valence-electron chi connectivity index (χ3n) is 6.58. The summed E-state index contributed by atoms with van der Waals surface area (Å²) in [5, 5.41) is 23.8. The number of benzene rings is 2. The first-order valence-corrected chi connectivity index (χ1v) is 12.9. The number of amides is 2. The van der Waals surface area contributed by atoms with Gasteiger partial charge in [0.2, 0.25) is 5.88 Å². The highest BCUT2D eigenvalue weighted by molar-refractivity contribution is 5.95. The summed E-state index contributed by atoms with van der Waals surface area (Å²) >= 11 is 0. The van der Waals surface area contributed by atoms with E-state index >= 15 is 0 Å². The summed E-state index contributed by atoms with van der Waals surface area (Å²) < 4.78 is 18.2. The Hall–Kier alpha value is -5.57. The first kappa shape index (κ1) is 26.6. The van der Waals surface area contributed by atoms with Gasteiger partial charge >= 0.3 is 12.2 Å². The average Bonchev–Trinajstić information content (AvgIpc) is 3.46. The van der Waals surface area contributed by atoms with Crippen LogP contribution in [0.4, 0.5) is 26.8 Å². The first-order valence-electron chi connectivity index (χ1n) is 12.9. The van der Waals surface area contributed by atoms with Crippen LogP contribution < -0.4 is 15.4 Å². The molecule has 214 valence electrons. The summed E-state index contributed by atoms with van der Waals surface area (Å²) in [7, 11) is 0. The highest BCUT2D eigenvalue weighted by Gasteiger charge is 2.28. The second-order valence-electron chi connectivity index (χ2n) is 9.41. The van der Waals surface area contributed by atoms with Crippen molar-refractivity contribution in [2.24, 2.45) is 0 Å². The molecule has 3 aromatic heterocycles. The Balaban J connectivity index is 1.13. The van der Waals surface area contributed by atoms with Crippen LogP contribution in [0.3, 0.4) is 0 Å². The molecule has 3 N–H and O–H groups in total. The zero-order chi connectivity index (χ0) is 29.1. The first-order chi connectivity index (χ1) is 20.4. The van der Waals surface area contributed by atoms with E-state index in [2.05, 4.69) is 35.8 Å². The fourth-order valence-electron chi connectivity index (χ4n) is 4.46. The minimum absolute atomic E-state index is 0.133. The van der Waals surface area contributed by atoms with E-state index in [0.717, 1.165) is 11.3 Å². The fraction of sp³-hybridized carbons (Fsp3) is 0.222. The number of carboxylic acid groups (broad SMARTS) is 1. The maximum absolute atomic E-state index is 12.5. The number of ether oxygens (including phenoxy) is 3. The maximum atomic E-state index is 12.5. The summed E-state index contributed by atoms with van der Waals surface area (Å²) in [5.74, 6) is 1.55. The number of hydrogen-bond donors (Lipinski definition) is 3. The van der Waals surface area contributed by atoms with Gasteiger partial charge in [-0.15, -0.1) is 10.2 Å². The van der Waals surface area contributed by atoms with Gasteiger partial charge in [0.05, 0.1) is 24.8 Å². The van der Waals surface area contributed by atoms with E-state index < -0.39 is 18.2 Å². The van der Waals surface area contributed by atoms with Crippen LogP contribution in [-0.2, 0) is 9.47 Å². The molecule has 5 aromatic rings. The lowest BCUT2D eigenvalue weighted by Gasteiger charge is -2.32. The molecule has 1 saturated heterocycles. The number of hydrogen-bond acceptors (Lipinski definition) is 11. The van der Waals surface area contributed by atoms with Crippen molar-refractivity contribution in [3.8, 4) is 11.6 Å². The number of carbonyl (C=O) groups is 2. The summed E-state index contributed by atoms with van der Waals surface area (Å²) in [4.78, 5) is 38.1. The Morgan fingerprint density at radius 3 is 2.83 bits per heavy atom. The van der Waals surface area contributed by atoms with Gasteiger partial charge in [-0.1, -0.05) is 0 Å². The molecule has 0 spiro atoms. The molecule has 0 saturated carbocycles. The van der Waals surface area contributed by atoms with Crippen molar-refractivity contribution in [1.82, 2.24) is 34.4 Å². The van der Waals surface area contributed by atoms with Gasteiger partial charge in [0.25, 0.3) is 0 Å². The van der Waals surface area contributed by atoms with Crippen LogP contribution >= 0.6 is 0 Å². The van der Waals surface area contributed by atoms with E-state index in [-0.39, 0.29) is 19.8 Å². The van der Waals surface area contributed by atoms with Crippen molar-refractivity contribution >= 4 is 45.9 Å². The molecule has 1 fully saturated rings. The molecule has 0 radical (unpaired) electrons. The van der Waals surface area contributed by atoms with Crippen LogP contribution in [0.1, 0.15) is 5.56 Å². The Kier molecular flexibility index (Phi) is 7.30. The fourth-order valence-corrected chi connectivity index (χ4v) is 4.46. The van der Waals surface area contributed by atoms with Gasteiger partial charge in [-0.3, -0.25) is 14.6 Å². The monoisotopic (exact) mass is 571 g/mol. The molecule has 1 aliphatic rings. The number of nitrogens with zero attached hydrogens (tertiary/aromatic N) is 7. The van der Waals surface area contributed by atoms with Crippen LogP contribution in [0.25, 0.3) is 16.6 Å². The number of nitrogens with one attached hydrogen (secondary N) is 2. The second-order valence-corrected chi connectivity index (χ2v) is 9.41. The lowest BCUT2D eigenvalue weighted by molar-refractivity contribution is -0.0203. The van der Waals surface area contributed by atoms with Crippen molar-refractivity contribution < 1.29 is 28.9 Å². The minimum atomic E-state index is -1.08. The van der Waals surface area contributed by atoms with Crippen molar-refractivity contribution in [1.29, 1.82) is 0 Å². The Morgan fingerprint density at radius 1 is 1.10 bits per heavy atom. The van der Waals surface area contributed by atoms with Gasteiger partial charge in [-0.05, 0) is 48.9 Å². The number of anilines is 3. The highest BCUT2D eigenvalue weighted by atomic mass is 16.6. The molecular formula is C27H25N9O6. The standard InChI is InChI=1S/C27H25N9O6/c1-16-8-17(3-5-22(16)42-24-10-23-34-31-15-35(23)14-30-24)32-25-20-9-18(2-4-21(20)28-13-29-25)33-26(37)41-12-19-11-40-7-6-36(19)27(38)39/h2-5,8-10,13-15,19H,6-7,11-12H2,1H3,(H,33,37)(H,38,39)(H,28,29,32)/t19-/m0/s1. The normalized spacial score (nSPS) is 15.0. The van der Waals surface area contributed by atoms with Gasteiger partial charge in [0.15, 0.2) is 5.65 Å². The molecule has 6 rings (SSSR count). The van der Waals surface area contributed by atoms with E-state index in [9.17, 15) is 14.7 Å². The molecule has 15 heteroatoms. The van der Waals surface area contributed by atoms with Crippen LogP contribution in [-0.4, -0.2) is 84.2 Å². The number of morpholine rings is 1. The van der Waals surface area contributed by atoms with Crippen LogP contribution in [0.2, 0.25) is 0 Å². The summed E-state index contributed by atoms with van der Waals surface area (Å²) in [5.41, 5.74) is 3.36. The van der Waals surface area contributed by atoms with Crippen LogP contribution in [0, 0.1) is 6.92 Å². The highest BCUT2D eigenvalue weighted by Crippen LogP contribution is 2.30. The molecule has 0 aliphatic carbocycles. The van der Waals surface area contributed by atoms with Gasteiger partial charge < -0.3 is 24.6 Å². The number of fused-ring (bicyclic) bond motifs is 2. The third kappa shape index (κ3) is 5.80. The topological polar surface area (TPSA) is 178 Å². The van der Waals surface area contributed by atoms with Gasteiger partial charge in [0, 0.05) is 29.4 Å². The van der Waals surface area contributed by atoms with Gasteiger partial charge in [-0.25, -0.2) is 24.5 Å². The van der Waals surface area contributed by atoms with E-state index in [1.54, 1.807) is 41.3 Å². The molecule has 0 unspecified atom stereocenters. The zero-order valence-electron chi connectivity index (χ0n) is 22.3. The number of rotatable bonds is 7. The third-order valence-corrected chi connectivity index (χ3v) is 6.58. The smallest absolute Gasteiger partial charge is 0.411 e. The van der Waals surface area contributed by atoms with Gasteiger partial charge in [-0.2, -0.15) is 0 Å². The Bertz CT molecular complexity index is 1780. The second kappa shape index (κ2) is 11.5. The van der Waals surface area contributed by atoms with E-state index in [1.165, 1.54) is 11.2 Å². The maximum Gasteiger partial charge on any atom is 0.411 e. The number of carbonyl (C=O) groups excluding carboxylic acids is 1. The van der Waals surface area contributed by atoms with E-state index in [4.69, 9.17) is 14.2 Å². The van der Waals surface area contributed by atoms with Crippen LogP contribution in [0.15, 0.2) is 61.4 Å². The van der Waals surface area contributed by atoms with Crippen molar-refractivity contribution in [3.05, 3.63) is 67.0 Å². The average molecular weight is 572 g/mol. The molecule has 1 atom stereocenters. The van der Waals surface area contributed by atoms with Crippen molar-refractivity contribution in [2.45, 2.75) is 13.0 Å². The zero-order valence-corrected chi connectivity index (χ0v) is 22.3. The Morgan fingerprint density at radius 2 is 1.98 bits per heavy atom. The number of aromatic nitrogens is 6. The Labute approximate surface area is 238 Å². The lowest BCUT2D eigenvalue weighted by Crippen LogP contribution is -2.50. The quantitative estimate of drug-likeness (QED) is 0.257. The van der Waals surface area contributed by atoms with E-state index in [1.807, 2.05) is 25.1 Å². The lowest BCUT2D eigenvalue weighted by atomic mass is 10.1.